The molecule has 0 aliphatic heterocycles. The number of hydrogen-bond acceptors (Lipinski definition) is 3. The fourth-order valence-electron chi connectivity index (χ4n) is 1.78. The number of carbonyl (C=O) groups is 1. The van der Waals surface area contributed by atoms with Gasteiger partial charge in [-0.2, -0.15) is 0 Å². The highest BCUT2D eigenvalue weighted by molar-refractivity contribution is 14.1. The first-order valence-electron chi connectivity index (χ1n) is 5.68. The van der Waals surface area contributed by atoms with E-state index in [-0.39, 0.29) is 5.69 Å². The number of aromatic nitrogens is 3. The summed E-state index contributed by atoms with van der Waals surface area (Å²) in [5, 5.41) is 17.5. The van der Waals surface area contributed by atoms with E-state index < -0.39 is 5.97 Å². The lowest BCUT2D eigenvalue weighted by molar-refractivity contribution is 0.0689. The van der Waals surface area contributed by atoms with Gasteiger partial charge in [-0.25, -0.2) is 9.48 Å². The predicted molar refractivity (Wildman–Crippen MR) is 80.0 cm³/mol. The topological polar surface area (TPSA) is 68.0 Å². The van der Waals surface area contributed by atoms with Crippen LogP contribution in [-0.2, 0) is 6.42 Å². The van der Waals surface area contributed by atoms with Crippen molar-refractivity contribution in [2.24, 2.45) is 0 Å². The van der Waals surface area contributed by atoms with Crippen molar-refractivity contribution in [3.8, 4) is 5.69 Å². The van der Waals surface area contributed by atoms with E-state index in [1.54, 1.807) is 16.8 Å². The van der Waals surface area contributed by atoms with E-state index in [9.17, 15) is 4.79 Å². The highest BCUT2D eigenvalue weighted by atomic mass is 127. The van der Waals surface area contributed by atoms with Gasteiger partial charge in [-0.3, -0.25) is 0 Å². The maximum absolute atomic E-state index is 11.1. The van der Waals surface area contributed by atoms with Crippen LogP contribution in [0.4, 0.5) is 0 Å². The van der Waals surface area contributed by atoms with Crippen LogP contribution in [0.25, 0.3) is 5.69 Å². The molecule has 0 atom stereocenters. The normalized spacial score (nSPS) is 10.7. The zero-order valence-electron chi connectivity index (χ0n) is 10.1. The molecular weight excluding hydrogens is 381 g/mol. The fraction of sp³-hybridized carbons (Fsp3) is 0.250. The Bertz CT molecular complexity index is 627. The predicted octanol–water partition coefficient (Wildman–Crippen LogP) is 3.18. The second-order valence-corrected chi connectivity index (χ2v) is 5.55. The molecule has 19 heavy (non-hydrogen) atoms. The number of aromatic carboxylic acids is 1. The van der Waals surface area contributed by atoms with Crippen molar-refractivity contribution in [2.45, 2.75) is 19.8 Å². The third kappa shape index (κ3) is 2.89. The lowest BCUT2D eigenvalue weighted by Crippen LogP contribution is -2.07. The fourth-order valence-corrected chi connectivity index (χ4v) is 2.88. The highest BCUT2D eigenvalue weighted by Crippen LogP contribution is 2.23. The first kappa shape index (κ1) is 14.3. The summed E-state index contributed by atoms with van der Waals surface area (Å²) in [6, 6.07) is 5.36. The van der Waals surface area contributed by atoms with Crippen LogP contribution in [0.3, 0.4) is 0 Å². The van der Waals surface area contributed by atoms with E-state index in [1.807, 2.05) is 13.0 Å². The molecule has 0 spiro atoms. The Hall–Kier alpha value is -1.15. The monoisotopic (exact) mass is 391 g/mol. The van der Waals surface area contributed by atoms with Gasteiger partial charge >= 0.3 is 5.97 Å². The molecule has 1 aromatic heterocycles. The minimum Gasteiger partial charge on any atom is -0.476 e. The van der Waals surface area contributed by atoms with Crippen LogP contribution in [0.1, 0.15) is 29.5 Å². The summed E-state index contributed by atoms with van der Waals surface area (Å²) < 4.78 is 2.47. The van der Waals surface area contributed by atoms with Crippen molar-refractivity contribution in [1.82, 2.24) is 15.0 Å². The molecule has 0 amide bonds. The molecule has 7 heteroatoms. The molecule has 100 valence electrons. The van der Waals surface area contributed by atoms with Crippen LogP contribution in [0, 0.1) is 3.57 Å². The Morgan fingerprint density at radius 3 is 2.84 bits per heavy atom. The molecule has 5 nitrogen and oxygen atoms in total. The van der Waals surface area contributed by atoms with E-state index in [0.29, 0.717) is 17.1 Å². The van der Waals surface area contributed by atoms with Crippen molar-refractivity contribution in [3.05, 3.63) is 38.2 Å². The molecule has 1 heterocycles. The van der Waals surface area contributed by atoms with Gasteiger partial charge in [0.05, 0.1) is 11.4 Å². The number of carboxylic acids is 1. The molecule has 1 aromatic carbocycles. The van der Waals surface area contributed by atoms with Crippen LogP contribution >= 0.6 is 34.2 Å². The van der Waals surface area contributed by atoms with Crippen LogP contribution in [0.15, 0.2) is 18.2 Å². The number of hydrogen-bond donors (Lipinski definition) is 1. The third-order valence-electron chi connectivity index (χ3n) is 2.59. The molecule has 0 aliphatic rings. The molecule has 1 N–H and O–H groups in total. The molecule has 0 saturated heterocycles. The van der Waals surface area contributed by atoms with Gasteiger partial charge in [-0.1, -0.05) is 30.2 Å². The molecular formula is C12H11ClIN3O2. The van der Waals surface area contributed by atoms with Crippen molar-refractivity contribution < 1.29 is 9.90 Å². The van der Waals surface area contributed by atoms with E-state index in [4.69, 9.17) is 16.7 Å². The summed E-state index contributed by atoms with van der Waals surface area (Å²) >= 11 is 8.06. The standard InChI is InChI=1S/C12H11ClIN3O2/c1-2-3-10-11(12(18)19)15-16-17(10)9-5-4-7(13)6-8(9)14/h4-6H,2-3H2,1H3,(H,18,19). The average molecular weight is 392 g/mol. The minimum atomic E-state index is -1.06. The lowest BCUT2D eigenvalue weighted by atomic mass is 10.2. The Morgan fingerprint density at radius 1 is 1.53 bits per heavy atom. The summed E-state index contributed by atoms with van der Waals surface area (Å²) in [5.74, 6) is -1.06. The Kier molecular flexibility index (Phi) is 4.41. The Labute approximate surface area is 128 Å². The van der Waals surface area contributed by atoms with Gasteiger partial charge < -0.3 is 5.11 Å². The van der Waals surface area contributed by atoms with Crippen LogP contribution in [0.5, 0.6) is 0 Å². The molecule has 2 aromatic rings. The maximum atomic E-state index is 11.1. The Balaban J connectivity index is 2.58. The number of benzene rings is 1. The van der Waals surface area contributed by atoms with Crippen LogP contribution < -0.4 is 0 Å². The summed E-state index contributed by atoms with van der Waals surface area (Å²) in [5.41, 5.74) is 1.40. The van der Waals surface area contributed by atoms with E-state index in [0.717, 1.165) is 15.7 Å². The zero-order chi connectivity index (χ0) is 14.0. The summed E-state index contributed by atoms with van der Waals surface area (Å²) in [6.07, 6.45) is 1.42. The van der Waals surface area contributed by atoms with Gasteiger partial charge in [0.2, 0.25) is 0 Å². The quantitative estimate of drug-likeness (QED) is 0.813. The number of halogens is 2. The first-order chi connectivity index (χ1) is 9.04. The van der Waals surface area contributed by atoms with Crippen molar-refractivity contribution >= 4 is 40.2 Å². The average Bonchev–Trinajstić information content (AvgIpc) is 2.73. The third-order valence-corrected chi connectivity index (χ3v) is 3.69. The number of carboxylic acid groups (broad SMARTS) is 1. The molecule has 2 rings (SSSR count). The summed E-state index contributed by atoms with van der Waals surface area (Å²) in [7, 11) is 0. The molecule has 0 unspecified atom stereocenters. The van der Waals surface area contributed by atoms with Crippen LogP contribution in [-0.4, -0.2) is 26.1 Å². The lowest BCUT2D eigenvalue weighted by Gasteiger charge is -2.08. The molecule has 0 saturated carbocycles. The largest absolute Gasteiger partial charge is 0.476 e. The number of nitrogens with zero attached hydrogens (tertiary/aromatic N) is 3. The highest BCUT2D eigenvalue weighted by Gasteiger charge is 2.20. The van der Waals surface area contributed by atoms with Gasteiger partial charge in [0, 0.05) is 8.59 Å². The molecule has 0 aliphatic carbocycles. The van der Waals surface area contributed by atoms with Crippen LogP contribution in [0.2, 0.25) is 5.02 Å². The summed E-state index contributed by atoms with van der Waals surface area (Å²) in [4.78, 5) is 11.1. The molecule has 0 radical (unpaired) electrons. The van der Waals surface area contributed by atoms with E-state index in [1.165, 1.54) is 0 Å². The SMILES string of the molecule is CCCc1c(C(=O)O)nnn1-c1ccc(Cl)cc1I. The molecule has 0 bridgehead atoms. The molecule has 0 fully saturated rings. The van der Waals surface area contributed by atoms with E-state index >= 15 is 0 Å². The van der Waals surface area contributed by atoms with Gasteiger partial charge in [0.25, 0.3) is 0 Å². The second kappa shape index (κ2) is 5.87. The van der Waals surface area contributed by atoms with Crippen molar-refractivity contribution in [2.75, 3.05) is 0 Å². The zero-order valence-corrected chi connectivity index (χ0v) is 13.0. The second-order valence-electron chi connectivity index (χ2n) is 3.95. The van der Waals surface area contributed by atoms with Gasteiger partial charge in [-0.05, 0) is 47.2 Å². The van der Waals surface area contributed by atoms with E-state index in [2.05, 4.69) is 32.9 Å². The van der Waals surface area contributed by atoms with Gasteiger partial charge in [0.1, 0.15) is 0 Å². The summed E-state index contributed by atoms with van der Waals surface area (Å²) in [6.45, 7) is 1.98. The smallest absolute Gasteiger partial charge is 0.358 e. The maximum Gasteiger partial charge on any atom is 0.358 e. The Morgan fingerprint density at radius 2 is 2.26 bits per heavy atom. The first-order valence-corrected chi connectivity index (χ1v) is 7.13. The number of rotatable bonds is 4. The van der Waals surface area contributed by atoms with Gasteiger partial charge in [-0.15, -0.1) is 5.10 Å². The minimum absolute atomic E-state index is 0.00704. The van der Waals surface area contributed by atoms with Crippen molar-refractivity contribution in [1.29, 1.82) is 0 Å². The van der Waals surface area contributed by atoms with Gasteiger partial charge in [0.15, 0.2) is 5.69 Å². The van der Waals surface area contributed by atoms with Crippen molar-refractivity contribution in [3.63, 3.8) is 0 Å².